The van der Waals surface area contributed by atoms with E-state index in [1.807, 2.05) is 6.07 Å². The van der Waals surface area contributed by atoms with E-state index < -0.39 is 11.5 Å². The Morgan fingerprint density at radius 3 is 2.68 bits per heavy atom. The maximum Gasteiger partial charge on any atom is 0.338 e. The monoisotopic (exact) mass is 416 g/mol. The van der Waals surface area contributed by atoms with Crippen molar-refractivity contribution in [3.05, 3.63) is 87.0 Å². The van der Waals surface area contributed by atoms with Gasteiger partial charge in [0.25, 0.3) is 5.56 Å². The van der Waals surface area contributed by atoms with Gasteiger partial charge in [-0.25, -0.2) is 4.79 Å². The van der Waals surface area contributed by atoms with E-state index in [9.17, 15) is 20.0 Å². The number of pyridine rings is 2. The molecule has 2 aromatic heterocycles. The molecule has 3 aromatic rings. The zero-order chi connectivity index (χ0) is 22.4. The average molecular weight is 416 g/mol. The van der Waals surface area contributed by atoms with E-state index in [0.29, 0.717) is 22.4 Å². The van der Waals surface area contributed by atoms with E-state index in [-0.39, 0.29) is 30.2 Å². The quantitative estimate of drug-likeness (QED) is 0.487. The Balaban J connectivity index is 1.99. The van der Waals surface area contributed by atoms with Crippen LogP contribution in [-0.2, 0) is 11.3 Å². The summed E-state index contributed by atoms with van der Waals surface area (Å²) in [6, 6.07) is 11.8. The van der Waals surface area contributed by atoms with E-state index in [1.54, 1.807) is 62.6 Å². The largest absolute Gasteiger partial charge is 0.494 e. The molecule has 2 heterocycles. The van der Waals surface area contributed by atoms with Crippen LogP contribution in [0.15, 0.2) is 58.6 Å². The van der Waals surface area contributed by atoms with Gasteiger partial charge in [-0.3, -0.25) is 19.3 Å². The SMILES string of the molecule is CCOC(=O)c1ccc(N=Cc2c(C)c(C#N)c(=O)n(Cc3cccnc3)c2O)cc1. The third-order valence-electron chi connectivity index (χ3n) is 4.63. The van der Waals surface area contributed by atoms with Crippen LogP contribution in [0.25, 0.3) is 0 Å². The molecule has 0 amide bonds. The van der Waals surface area contributed by atoms with Crippen LogP contribution in [0, 0.1) is 18.3 Å². The smallest absolute Gasteiger partial charge is 0.338 e. The standard InChI is InChI=1S/C23H20N4O4/c1-3-31-23(30)17-6-8-18(9-7-17)26-13-20-15(2)19(11-24)21(28)27(22(20)29)14-16-5-4-10-25-12-16/h4-10,12-13,29H,3,14H2,1-2H3. The predicted octanol–water partition coefficient (Wildman–Crippen LogP) is 3.10. The first-order valence-corrected chi connectivity index (χ1v) is 9.52. The van der Waals surface area contributed by atoms with Crippen LogP contribution in [0.3, 0.4) is 0 Å². The van der Waals surface area contributed by atoms with Crippen molar-refractivity contribution in [3.8, 4) is 11.9 Å². The molecule has 8 nitrogen and oxygen atoms in total. The van der Waals surface area contributed by atoms with Gasteiger partial charge in [-0.15, -0.1) is 0 Å². The Bertz CT molecular complexity index is 1220. The van der Waals surface area contributed by atoms with E-state index in [0.717, 1.165) is 4.57 Å². The second-order valence-electron chi connectivity index (χ2n) is 6.63. The van der Waals surface area contributed by atoms with Crippen molar-refractivity contribution < 1.29 is 14.6 Å². The molecule has 0 unspecified atom stereocenters. The van der Waals surface area contributed by atoms with Crippen LogP contribution in [0.2, 0.25) is 0 Å². The Morgan fingerprint density at radius 1 is 1.32 bits per heavy atom. The molecule has 0 radical (unpaired) electrons. The number of aromatic nitrogens is 2. The van der Waals surface area contributed by atoms with Crippen LogP contribution in [0.5, 0.6) is 5.88 Å². The molecule has 8 heteroatoms. The first-order valence-electron chi connectivity index (χ1n) is 9.52. The number of nitriles is 1. The first kappa shape index (κ1) is 21.5. The van der Waals surface area contributed by atoms with Crippen molar-refractivity contribution in [2.24, 2.45) is 4.99 Å². The van der Waals surface area contributed by atoms with Crippen molar-refractivity contribution in [2.45, 2.75) is 20.4 Å². The minimum absolute atomic E-state index is 0.0581. The van der Waals surface area contributed by atoms with Crippen molar-refractivity contribution in [3.63, 3.8) is 0 Å². The van der Waals surface area contributed by atoms with Gasteiger partial charge >= 0.3 is 5.97 Å². The number of carbonyl (C=O) groups is 1. The highest BCUT2D eigenvalue weighted by Gasteiger charge is 2.18. The molecule has 1 aromatic carbocycles. The van der Waals surface area contributed by atoms with Gasteiger partial charge in [-0.2, -0.15) is 5.26 Å². The van der Waals surface area contributed by atoms with Crippen LogP contribution in [0.4, 0.5) is 5.69 Å². The third kappa shape index (κ3) is 4.67. The lowest BCUT2D eigenvalue weighted by Crippen LogP contribution is -2.26. The molecule has 0 spiro atoms. The van der Waals surface area contributed by atoms with Gasteiger partial charge in [-0.1, -0.05) is 6.07 Å². The molecule has 31 heavy (non-hydrogen) atoms. The number of ether oxygens (including phenoxy) is 1. The van der Waals surface area contributed by atoms with E-state index in [2.05, 4.69) is 9.98 Å². The van der Waals surface area contributed by atoms with Crippen LogP contribution < -0.4 is 5.56 Å². The minimum atomic E-state index is -0.586. The first-order chi connectivity index (χ1) is 15.0. The summed E-state index contributed by atoms with van der Waals surface area (Å²) in [5.74, 6) is -0.718. The molecule has 1 N–H and O–H groups in total. The lowest BCUT2D eigenvalue weighted by molar-refractivity contribution is 0.0526. The topological polar surface area (TPSA) is 118 Å². The number of rotatable bonds is 6. The summed E-state index contributed by atoms with van der Waals surface area (Å²) < 4.78 is 6.07. The molecule has 156 valence electrons. The summed E-state index contributed by atoms with van der Waals surface area (Å²) >= 11 is 0. The van der Waals surface area contributed by atoms with E-state index >= 15 is 0 Å². The van der Waals surface area contributed by atoms with E-state index in [1.165, 1.54) is 6.21 Å². The van der Waals surface area contributed by atoms with Crippen LogP contribution in [-0.4, -0.2) is 33.4 Å². The number of hydrogen-bond acceptors (Lipinski definition) is 7. The van der Waals surface area contributed by atoms with Gasteiger partial charge in [-0.05, 0) is 55.3 Å². The number of aliphatic imine (C=N–C) groups is 1. The Kier molecular flexibility index (Phi) is 6.58. The minimum Gasteiger partial charge on any atom is -0.494 e. The van der Waals surface area contributed by atoms with E-state index in [4.69, 9.17) is 4.74 Å². The van der Waals surface area contributed by atoms with Gasteiger partial charge in [0.1, 0.15) is 11.6 Å². The summed E-state index contributed by atoms with van der Waals surface area (Å²) in [5.41, 5.74) is 1.56. The Labute approximate surface area is 178 Å². The molecule has 0 aliphatic rings. The maximum absolute atomic E-state index is 12.7. The number of carbonyl (C=O) groups excluding carboxylic acids is 1. The van der Waals surface area contributed by atoms with Crippen LogP contribution >= 0.6 is 0 Å². The number of hydrogen-bond donors (Lipinski definition) is 1. The molecule has 0 saturated heterocycles. The Morgan fingerprint density at radius 2 is 2.06 bits per heavy atom. The highest BCUT2D eigenvalue weighted by atomic mass is 16.5. The number of aromatic hydroxyl groups is 1. The van der Waals surface area contributed by atoms with Gasteiger partial charge in [0.15, 0.2) is 0 Å². The summed E-state index contributed by atoms with van der Waals surface area (Å²) in [6.07, 6.45) is 4.58. The molecule has 0 fully saturated rings. The molecule has 0 aliphatic heterocycles. The van der Waals surface area contributed by atoms with Crippen LogP contribution in [0.1, 0.15) is 39.5 Å². The zero-order valence-corrected chi connectivity index (χ0v) is 17.1. The molecular weight excluding hydrogens is 396 g/mol. The number of esters is 1. The van der Waals surface area contributed by atoms with Crippen molar-refractivity contribution in [1.82, 2.24) is 9.55 Å². The summed E-state index contributed by atoms with van der Waals surface area (Å²) in [7, 11) is 0. The van der Waals surface area contributed by atoms with Crippen molar-refractivity contribution in [1.29, 1.82) is 5.26 Å². The third-order valence-corrected chi connectivity index (χ3v) is 4.63. The number of benzene rings is 1. The summed E-state index contributed by atoms with van der Waals surface area (Å²) in [6.45, 7) is 3.66. The second kappa shape index (κ2) is 9.50. The summed E-state index contributed by atoms with van der Waals surface area (Å²) in [4.78, 5) is 32.8. The highest BCUT2D eigenvalue weighted by Crippen LogP contribution is 2.22. The lowest BCUT2D eigenvalue weighted by Gasteiger charge is -2.14. The Hall–Kier alpha value is -4.25. The van der Waals surface area contributed by atoms with Crippen molar-refractivity contribution in [2.75, 3.05) is 6.61 Å². The highest BCUT2D eigenvalue weighted by molar-refractivity contribution is 5.90. The molecule has 3 rings (SSSR count). The molecule has 0 saturated carbocycles. The number of nitrogens with zero attached hydrogens (tertiary/aromatic N) is 4. The fourth-order valence-corrected chi connectivity index (χ4v) is 2.98. The lowest BCUT2D eigenvalue weighted by atomic mass is 10.1. The molecule has 0 bridgehead atoms. The molecular formula is C23H20N4O4. The van der Waals surface area contributed by atoms with Gasteiger partial charge in [0.2, 0.25) is 5.88 Å². The predicted molar refractivity (Wildman–Crippen MR) is 115 cm³/mol. The normalized spacial score (nSPS) is 10.7. The van der Waals surface area contributed by atoms with Gasteiger partial charge in [0.05, 0.1) is 30.0 Å². The molecule has 0 atom stereocenters. The zero-order valence-electron chi connectivity index (χ0n) is 17.1. The summed E-state index contributed by atoms with van der Waals surface area (Å²) in [5, 5.41) is 20.2. The fraction of sp³-hybridized carbons (Fsp3) is 0.174. The van der Waals surface area contributed by atoms with Crippen molar-refractivity contribution >= 4 is 17.9 Å². The fourth-order valence-electron chi connectivity index (χ4n) is 2.98. The van der Waals surface area contributed by atoms with Gasteiger partial charge in [0, 0.05) is 18.6 Å². The maximum atomic E-state index is 12.7. The average Bonchev–Trinajstić information content (AvgIpc) is 2.78. The van der Waals surface area contributed by atoms with Gasteiger partial charge < -0.3 is 9.84 Å². The second-order valence-corrected chi connectivity index (χ2v) is 6.63. The molecule has 0 aliphatic carbocycles.